The van der Waals surface area contributed by atoms with E-state index in [0.717, 1.165) is 0 Å². The molecule has 0 saturated carbocycles. The Morgan fingerprint density at radius 3 is 1.77 bits per heavy atom. The van der Waals surface area contributed by atoms with Crippen molar-refractivity contribution in [3.63, 3.8) is 0 Å². The molecular formula is C15H26O11. The number of hydrogen-bond acceptors (Lipinski definition) is 11. The largest absolute Gasteiger partial charge is 0.394 e. The molecule has 2 aliphatic rings. The molecule has 7 N–H and O–H groups in total. The summed E-state index contributed by atoms with van der Waals surface area (Å²) in [6.07, 6.45) is -12.9. The normalized spacial score (nSPS) is 46.9. The summed E-state index contributed by atoms with van der Waals surface area (Å²) in [5.41, 5.74) is 0. The molecule has 26 heavy (non-hydrogen) atoms. The Morgan fingerprint density at radius 2 is 1.23 bits per heavy atom. The standard InChI is InChI=1S/C15H26O11/c1-2-3-23-14-12(21)11(20)9(18)7(26-14)5-24-15-13(22)10(19)8(17)6(4-16)25-15/h2,6-22H,1,3-5H2/t6-,7-,8+,9+,10+,11+,12-,13-,14+,15?/m1/s1. The number of aliphatic hydroxyl groups excluding tert-OH is 7. The first-order chi connectivity index (χ1) is 12.3. The Morgan fingerprint density at radius 1 is 0.731 bits per heavy atom. The van der Waals surface area contributed by atoms with Crippen molar-refractivity contribution >= 4 is 0 Å². The van der Waals surface area contributed by atoms with Crippen LogP contribution in [0.4, 0.5) is 0 Å². The summed E-state index contributed by atoms with van der Waals surface area (Å²) in [5, 5.41) is 68.3. The van der Waals surface area contributed by atoms with Crippen LogP contribution in [0.15, 0.2) is 12.7 Å². The summed E-state index contributed by atoms with van der Waals surface area (Å²) in [6.45, 7) is 2.47. The Hall–Kier alpha value is -0.700. The Balaban J connectivity index is 1.97. The van der Waals surface area contributed by atoms with E-state index in [4.69, 9.17) is 24.1 Å². The van der Waals surface area contributed by atoms with Gasteiger partial charge in [-0.3, -0.25) is 0 Å². The second kappa shape index (κ2) is 9.48. The second-order valence-corrected chi connectivity index (χ2v) is 6.17. The third kappa shape index (κ3) is 4.58. The zero-order valence-electron chi connectivity index (χ0n) is 13.9. The maximum absolute atomic E-state index is 10.0. The lowest BCUT2D eigenvalue weighted by Gasteiger charge is -2.42. The molecule has 0 aromatic rings. The van der Waals surface area contributed by atoms with Gasteiger partial charge >= 0.3 is 0 Å². The molecule has 11 nitrogen and oxygen atoms in total. The van der Waals surface area contributed by atoms with Crippen LogP contribution in [0.25, 0.3) is 0 Å². The van der Waals surface area contributed by atoms with Crippen LogP contribution in [0.3, 0.4) is 0 Å². The molecule has 0 amide bonds. The van der Waals surface area contributed by atoms with Crippen molar-refractivity contribution in [1.82, 2.24) is 0 Å². The van der Waals surface area contributed by atoms with Gasteiger partial charge in [0.2, 0.25) is 0 Å². The molecule has 2 heterocycles. The van der Waals surface area contributed by atoms with Crippen molar-refractivity contribution in [2.45, 2.75) is 61.4 Å². The van der Waals surface area contributed by atoms with Gasteiger partial charge in [0.25, 0.3) is 0 Å². The highest BCUT2D eigenvalue weighted by molar-refractivity contribution is 4.91. The summed E-state index contributed by atoms with van der Waals surface area (Å²) in [4.78, 5) is 0. The van der Waals surface area contributed by atoms with Gasteiger partial charge in [-0.15, -0.1) is 6.58 Å². The summed E-state index contributed by atoms with van der Waals surface area (Å²) < 4.78 is 21.0. The molecular weight excluding hydrogens is 356 g/mol. The quantitative estimate of drug-likeness (QED) is 0.212. The molecule has 0 aliphatic carbocycles. The van der Waals surface area contributed by atoms with Crippen LogP contribution in [-0.4, -0.2) is 117 Å². The van der Waals surface area contributed by atoms with Crippen LogP contribution < -0.4 is 0 Å². The molecule has 2 fully saturated rings. The smallest absolute Gasteiger partial charge is 0.187 e. The van der Waals surface area contributed by atoms with Crippen molar-refractivity contribution in [2.75, 3.05) is 19.8 Å². The highest BCUT2D eigenvalue weighted by Crippen LogP contribution is 2.25. The zero-order chi connectivity index (χ0) is 19.4. The highest BCUT2D eigenvalue weighted by Gasteiger charge is 2.47. The third-order valence-electron chi connectivity index (χ3n) is 4.32. The van der Waals surface area contributed by atoms with Crippen LogP contribution in [0.5, 0.6) is 0 Å². The second-order valence-electron chi connectivity index (χ2n) is 6.17. The minimum absolute atomic E-state index is 0.0326. The molecule has 2 aliphatic heterocycles. The molecule has 0 spiro atoms. The predicted octanol–water partition coefficient (Wildman–Crippen LogP) is -4.19. The number of ether oxygens (including phenoxy) is 4. The van der Waals surface area contributed by atoms with Crippen molar-refractivity contribution in [1.29, 1.82) is 0 Å². The van der Waals surface area contributed by atoms with Crippen molar-refractivity contribution in [3.05, 3.63) is 12.7 Å². The van der Waals surface area contributed by atoms with Gasteiger partial charge in [-0.25, -0.2) is 0 Å². The summed E-state index contributed by atoms with van der Waals surface area (Å²) in [5.74, 6) is 0. The number of rotatable bonds is 7. The number of aliphatic hydroxyl groups is 7. The van der Waals surface area contributed by atoms with Crippen LogP contribution >= 0.6 is 0 Å². The summed E-state index contributed by atoms with van der Waals surface area (Å²) >= 11 is 0. The van der Waals surface area contributed by atoms with E-state index in [1.165, 1.54) is 6.08 Å². The average molecular weight is 382 g/mol. The fraction of sp³-hybridized carbons (Fsp3) is 0.867. The van der Waals surface area contributed by atoms with Gasteiger partial charge in [0.15, 0.2) is 12.6 Å². The molecule has 2 saturated heterocycles. The molecule has 2 rings (SSSR count). The van der Waals surface area contributed by atoms with E-state index in [1.54, 1.807) is 0 Å². The van der Waals surface area contributed by atoms with Gasteiger partial charge in [-0.05, 0) is 0 Å². The zero-order valence-corrected chi connectivity index (χ0v) is 13.9. The minimum atomic E-state index is -1.61. The maximum atomic E-state index is 10.0. The molecule has 1 unspecified atom stereocenters. The van der Waals surface area contributed by atoms with E-state index in [-0.39, 0.29) is 6.61 Å². The predicted molar refractivity (Wildman–Crippen MR) is 82.5 cm³/mol. The molecule has 152 valence electrons. The molecule has 0 aromatic carbocycles. The molecule has 11 heteroatoms. The van der Waals surface area contributed by atoms with E-state index in [2.05, 4.69) is 6.58 Å². The van der Waals surface area contributed by atoms with Gasteiger partial charge in [0.05, 0.1) is 19.8 Å². The summed E-state index contributed by atoms with van der Waals surface area (Å²) in [6, 6.07) is 0. The Kier molecular flexibility index (Phi) is 7.88. The average Bonchev–Trinajstić information content (AvgIpc) is 2.64. The van der Waals surface area contributed by atoms with E-state index in [9.17, 15) is 30.6 Å². The lowest BCUT2D eigenvalue weighted by atomic mass is 9.98. The topological polar surface area (TPSA) is 179 Å². The van der Waals surface area contributed by atoms with Gasteiger partial charge in [-0.2, -0.15) is 0 Å². The first-order valence-corrected chi connectivity index (χ1v) is 8.16. The maximum Gasteiger partial charge on any atom is 0.187 e. The minimum Gasteiger partial charge on any atom is -0.394 e. The monoisotopic (exact) mass is 382 g/mol. The van der Waals surface area contributed by atoms with Crippen LogP contribution in [0.2, 0.25) is 0 Å². The van der Waals surface area contributed by atoms with Crippen molar-refractivity contribution in [2.24, 2.45) is 0 Å². The first kappa shape index (κ1) is 21.6. The van der Waals surface area contributed by atoms with Crippen LogP contribution in [-0.2, 0) is 18.9 Å². The third-order valence-corrected chi connectivity index (χ3v) is 4.32. The fourth-order valence-electron chi connectivity index (χ4n) is 2.75. The van der Waals surface area contributed by atoms with E-state index < -0.39 is 74.6 Å². The van der Waals surface area contributed by atoms with Gasteiger partial charge in [0, 0.05) is 0 Å². The Labute approximate surface area is 149 Å². The van der Waals surface area contributed by atoms with Gasteiger partial charge in [-0.1, -0.05) is 6.08 Å². The molecule has 0 aromatic heterocycles. The van der Waals surface area contributed by atoms with Crippen molar-refractivity contribution < 1.29 is 54.7 Å². The van der Waals surface area contributed by atoms with Gasteiger partial charge < -0.3 is 54.7 Å². The number of hydrogen-bond donors (Lipinski definition) is 7. The lowest BCUT2D eigenvalue weighted by molar-refractivity contribution is -0.330. The fourth-order valence-corrected chi connectivity index (χ4v) is 2.75. The first-order valence-electron chi connectivity index (χ1n) is 8.16. The van der Waals surface area contributed by atoms with Crippen molar-refractivity contribution in [3.8, 4) is 0 Å². The molecule has 10 atom stereocenters. The van der Waals surface area contributed by atoms with Crippen LogP contribution in [0, 0.1) is 0 Å². The van der Waals surface area contributed by atoms with Crippen LogP contribution in [0.1, 0.15) is 0 Å². The summed E-state index contributed by atoms with van der Waals surface area (Å²) in [7, 11) is 0. The molecule has 0 radical (unpaired) electrons. The van der Waals surface area contributed by atoms with Gasteiger partial charge in [0.1, 0.15) is 48.8 Å². The SMILES string of the molecule is C=CCO[C@H]1O[C@H](COC2O[C@H](CO)[C@H](O)[C@H](O)[C@H]2O)[C@H](O)[C@H](O)[C@H]1O. The lowest BCUT2D eigenvalue weighted by Crippen LogP contribution is -2.61. The van der Waals surface area contributed by atoms with E-state index in [1.807, 2.05) is 0 Å². The van der Waals surface area contributed by atoms with E-state index in [0.29, 0.717) is 0 Å². The highest BCUT2D eigenvalue weighted by atomic mass is 16.7. The molecule has 0 bridgehead atoms. The Bertz CT molecular complexity index is 447. The van der Waals surface area contributed by atoms with E-state index >= 15 is 0 Å².